The first-order chi connectivity index (χ1) is 7.78. The molecule has 0 saturated heterocycles. The highest BCUT2D eigenvalue weighted by molar-refractivity contribution is 7.09. The lowest BCUT2D eigenvalue weighted by Gasteiger charge is -1.99. The van der Waals surface area contributed by atoms with Crippen LogP contribution in [0.1, 0.15) is 21.1 Å². The highest BCUT2D eigenvalue weighted by atomic mass is 35.5. The summed E-state index contributed by atoms with van der Waals surface area (Å²) in [5.41, 5.74) is 1.71. The van der Waals surface area contributed by atoms with Crippen molar-refractivity contribution < 1.29 is 4.79 Å². The van der Waals surface area contributed by atoms with E-state index in [1.165, 1.54) is 16.9 Å². The number of benzene rings is 1. The van der Waals surface area contributed by atoms with Gasteiger partial charge in [0.15, 0.2) is 6.29 Å². The zero-order chi connectivity index (χ0) is 11.4. The van der Waals surface area contributed by atoms with Crippen LogP contribution in [0.5, 0.6) is 0 Å². The van der Waals surface area contributed by atoms with Crippen LogP contribution in [0.2, 0.25) is 5.02 Å². The summed E-state index contributed by atoms with van der Waals surface area (Å²) in [7, 11) is 0. The van der Waals surface area contributed by atoms with Gasteiger partial charge in [-0.05, 0) is 24.1 Å². The molecule has 0 aliphatic rings. The molecule has 0 bridgehead atoms. The number of aldehydes is 1. The third kappa shape index (κ3) is 2.90. The summed E-state index contributed by atoms with van der Waals surface area (Å²) >= 11 is 7.42. The molecule has 0 saturated carbocycles. The predicted octanol–water partition coefficient (Wildman–Crippen LogP) is 3.39. The number of aromatic nitrogens is 1. The average Bonchev–Trinajstić information content (AvgIpc) is 2.74. The lowest BCUT2D eigenvalue weighted by atomic mass is 10.1. The maximum atomic E-state index is 10.5. The lowest BCUT2D eigenvalue weighted by molar-refractivity contribution is 0.111. The molecule has 2 aromatic rings. The van der Waals surface area contributed by atoms with Gasteiger partial charge in [-0.2, -0.15) is 0 Å². The van der Waals surface area contributed by atoms with Crippen molar-refractivity contribution in [3.8, 4) is 0 Å². The van der Waals surface area contributed by atoms with Gasteiger partial charge < -0.3 is 0 Å². The summed E-state index contributed by atoms with van der Waals surface area (Å²) in [5.74, 6) is 0. The molecule has 16 heavy (non-hydrogen) atoms. The minimum Gasteiger partial charge on any atom is -0.296 e. The van der Waals surface area contributed by atoms with Crippen molar-refractivity contribution >= 4 is 29.2 Å². The second kappa shape index (κ2) is 5.23. The second-order valence-electron chi connectivity index (χ2n) is 3.41. The summed E-state index contributed by atoms with van der Waals surface area (Å²) in [6, 6.07) is 7.80. The Morgan fingerprint density at radius 1 is 1.38 bits per heavy atom. The van der Waals surface area contributed by atoms with Crippen molar-refractivity contribution in [2.24, 2.45) is 0 Å². The molecule has 1 heterocycles. The van der Waals surface area contributed by atoms with Crippen LogP contribution in [-0.2, 0) is 12.8 Å². The number of nitrogens with zero attached hydrogens (tertiary/aromatic N) is 1. The Morgan fingerprint density at radius 2 is 2.25 bits per heavy atom. The average molecular weight is 252 g/mol. The molecule has 0 radical (unpaired) electrons. The minimum absolute atomic E-state index is 0.520. The molecule has 0 aliphatic heterocycles. The number of halogens is 1. The Hall–Kier alpha value is -1.19. The Kier molecular flexibility index (Phi) is 3.70. The first kappa shape index (κ1) is 11.3. The van der Waals surface area contributed by atoms with E-state index in [1.807, 2.05) is 24.3 Å². The van der Waals surface area contributed by atoms with E-state index >= 15 is 0 Å². The Labute approximate surface area is 103 Å². The molecule has 2 rings (SSSR count). The molecule has 0 unspecified atom stereocenters. The molecule has 1 aromatic heterocycles. The molecular weight excluding hydrogens is 242 g/mol. The van der Waals surface area contributed by atoms with Crippen LogP contribution in [-0.4, -0.2) is 11.3 Å². The molecule has 0 aliphatic carbocycles. The van der Waals surface area contributed by atoms with Crippen LogP contribution >= 0.6 is 22.9 Å². The maximum Gasteiger partial charge on any atom is 0.169 e. The zero-order valence-electron chi connectivity index (χ0n) is 8.52. The zero-order valence-corrected chi connectivity index (χ0v) is 10.1. The quantitative estimate of drug-likeness (QED) is 0.780. The van der Waals surface area contributed by atoms with E-state index < -0.39 is 0 Å². The first-order valence-corrected chi connectivity index (χ1v) is 6.18. The number of hydrogen-bond donors (Lipinski definition) is 0. The summed E-state index contributed by atoms with van der Waals surface area (Å²) < 4.78 is 0. The van der Waals surface area contributed by atoms with Gasteiger partial charge in [-0.1, -0.05) is 23.7 Å². The van der Waals surface area contributed by atoms with Gasteiger partial charge in [0.05, 0.1) is 5.01 Å². The van der Waals surface area contributed by atoms with E-state index in [9.17, 15) is 4.79 Å². The normalized spacial score (nSPS) is 10.3. The largest absolute Gasteiger partial charge is 0.296 e. The first-order valence-electron chi connectivity index (χ1n) is 4.92. The van der Waals surface area contributed by atoms with E-state index in [2.05, 4.69) is 4.98 Å². The fourth-order valence-electron chi connectivity index (χ4n) is 1.44. The summed E-state index contributed by atoms with van der Waals surface area (Å²) in [5, 5.41) is 3.52. The summed E-state index contributed by atoms with van der Waals surface area (Å²) in [6.45, 7) is 0. The molecule has 4 heteroatoms. The third-order valence-electron chi connectivity index (χ3n) is 2.21. The van der Waals surface area contributed by atoms with Crippen LogP contribution in [0, 0.1) is 0 Å². The minimum atomic E-state index is 0.520. The fraction of sp³-hybridized carbons (Fsp3) is 0.167. The van der Waals surface area contributed by atoms with Gasteiger partial charge in [0.1, 0.15) is 5.69 Å². The smallest absolute Gasteiger partial charge is 0.169 e. The Balaban J connectivity index is 1.99. The number of aryl methyl sites for hydroxylation is 2. The maximum absolute atomic E-state index is 10.5. The van der Waals surface area contributed by atoms with Gasteiger partial charge in [0.2, 0.25) is 0 Å². The van der Waals surface area contributed by atoms with Crippen molar-refractivity contribution in [3.63, 3.8) is 0 Å². The van der Waals surface area contributed by atoms with E-state index in [0.717, 1.165) is 29.2 Å². The molecule has 82 valence electrons. The van der Waals surface area contributed by atoms with Crippen molar-refractivity contribution in [2.45, 2.75) is 12.8 Å². The molecule has 0 amide bonds. The molecular formula is C12H10ClNOS. The number of rotatable bonds is 4. The van der Waals surface area contributed by atoms with Gasteiger partial charge >= 0.3 is 0 Å². The molecule has 2 nitrogen and oxygen atoms in total. The fourth-order valence-corrected chi connectivity index (χ4v) is 2.39. The van der Waals surface area contributed by atoms with Crippen LogP contribution in [0.25, 0.3) is 0 Å². The van der Waals surface area contributed by atoms with Crippen molar-refractivity contribution in [3.05, 3.63) is 50.9 Å². The molecule has 1 aromatic carbocycles. The van der Waals surface area contributed by atoms with Crippen molar-refractivity contribution in [2.75, 3.05) is 0 Å². The van der Waals surface area contributed by atoms with Crippen molar-refractivity contribution in [1.82, 2.24) is 4.98 Å². The SMILES string of the molecule is O=Cc1csc(CCc2cccc(Cl)c2)n1. The molecule has 0 spiro atoms. The molecule has 0 atom stereocenters. The number of carbonyl (C=O) groups excluding carboxylic acids is 1. The van der Waals surface area contributed by atoms with Gasteiger partial charge in [-0.3, -0.25) is 4.79 Å². The second-order valence-corrected chi connectivity index (χ2v) is 4.79. The highest BCUT2D eigenvalue weighted by Gasteiger charge is 2.02. The summed E-state index contributed by atoms with van der Waals surface area (Å²) in [6.07, 6.45) is 2.52. The predicted molar refractivity (Wildman–Crippen MR) is 66.4 cm³/mol. The topological polar surface area (TPSA) is 30.0 Å². The number of thiazole rings is 1. The monoisotopic (exact) mass is 251 g/mol. The van der Waals surface area contributed by atoms with E-state index in [1.54, 1.807) is 5.38 Å². The Bertz CT molecular complexity index is 495. The standard InChI is InChI=1S/C12H10ClNOS/c13-10-3-1-2-9(6-10)4-5-12-14-11(7-15)8-16-12/h1-3,6-8H,4-5H2. The van der Waals surface area contributed by atoms with Crippen LogP contribution in [0.15, 0.2) is 29.6 Å². The van der Waals surface area contributed by atoms with Gasteiger partial charge in [0, 0.05) is 16.8 Å². The summed E-state index contributed by atoms with van der Waals surface area (Å²) in [4.78, 5) is 14.6. The van der Waals surface area contributed by atoms with Gasteiger partial charge in [0.25, 0.3) is 0 Å². The Morgan fingerprint density at radius 3 is 2.94 bits per heavy atom. The van der Waals surface area contributed by atoms with Gasteiger partial charge in [-0.15, -0.1) is 11.3 Å². The molecule has 0 N–H and O–H groups in total. The van der Waals surface area contributed by atoms with E-state index in [4.69, 9.17) is 11.6 Å². The van der Waals surface area contributed by atoms with Crippen LogP contribution in [0.4, 0.5) is 0 Å². The van der Waals surface area contributed by atoms with E-state index in [0.29, 0.717) is 5.69 Å². The third-order valence-corrected chi connectivity index (χ3v) is 3.37. The van der Waals surface area contributed by atoms with Crippen LogP contribution in [0.3, 0.4) is 0 Å². The van der Waals surface area contributed by atoms with E-state index in [-0.39, 0.29) is 0 Å². The van der Waals surface area contributed by atoms with Crippen molar-refractivity contribution in [1.29, 1.82) is 0 Å². The molecule has 0 fully saturated rings. The number of carbonyl (C=O) groups is 1. The van der Waals surface area contributed by atoms with Gasteiger partial charge in [-0.25, -0.2) is 4.98 Å². The lowest BCUT2D eigenvalue weighted by Crippen LogP contribution is -1.91. The highest BCUT2D eigenvalue weighted by Crippen LogP contribution is 2.15. The van der Waals surface area contributed by atoms with Crippen LogP contribution < -0.4 is 0 Å². The number of hydrogen-bond acceptors (Lipinski definition) is 3.